The minimum atomic E-state index is -0.457. The van der Waals surface area contributed by atoms with Crippen LogP contribution in [0.5, 0.6) is 0 Å². The van der Waals surface area contributed by atoms with Gasteiger partial charge in [-0.25, -0.2) is 9.78 Å². The molecule has 1 amide bonds. The predicted octanol–water partition coefficient (Wildman–Crippen LogP) is 4.40. The zero-order valence-electron chi connectivity index (χ0n) is 20.9. The fourth-order valence-corrected chi connectivity index (χ4v) is 3.79. The molecule has 1 rings (SSSR count). The molecule has 0 bridgehead atoms. The number of carbonyl (C=O) groups excluding carboxylic acids is 2. The quantitative estimate of drug-likeness (QED) is 0.315. The lowest BCUT2D eigenvalue weighted by Crippen LogP contribution is -2.47. The van der Waals surface area contributed by atoms with Crippen molar-refractivity contribution in [2.45, 2.75) is 79.4 Å². The number of thiazole rings is 1. The first-order valence-electron chi connectivity index (χ1n) is 11.5. The summed E-state index contributed by atoms with van der Waals surface area (Å²) in [4.78, 5) is 30.6. The molecule has 1 aromatic heterocycles. The number of ether oxygens (including phenoxy) is 3. The standard InChI is InChI=1S/C19H33N3O5S.C4H10/c1-6-8-22(17(23)10-20)15(13(3)4)9-16(27-12-25-5)18-21-14(11-28-18)19(24)26-7-2;1-3-4-2/h11,13,15-16H,6-10,12,20H2,1-5H3;3-4H2,1-2H3. The van der Waals surface area contributed by atoms with Crippen molar-refractivity contribution in [2.75, 3.05) is 33.6 Å². The Bertz CT molecular complexity index is 637. The third-order valence-corrected chi connectivity index (χ3v) is 5.69. The van der Waals surface area contributed by atoms with Crippen molar-refractivity contribution in [3.63, 3.8) is 0 Å². The van der Waals surface area contributed by atoms with Crippen molar-refractivity contribution in [2.24, 2.45) is 11.7 Å². The summed E-state index contributed by atoms with van der Waals surface area (Å²) in [6.45, 7) is 13.2. The highest BCUT2D eigenvalue weighted by molar-refractivity contribution is 7.09. The SMILES string of the molecule is CCCC.CCCN(C(=O)CN)C(CC(OCOC)c1nc(C(=O)OCC)cs1)C(C)C. The first kappa shape index (κ1) is 30.4. The van der Waals surface area contributed by atoms with Crippen LogP contribution in [0.1, 0.15) is 88.8 Å². The second-order valence-electron chi connectivity index (χ2n) is 7.69. The van der Waals surface area contributed by atoms with E-state index in [0.29, 0.717) is 18.0 Å². The summed E-state index contributed by atoms with van der Waals surface area (Å²) in [5.41, 5.74) is 5.89. The summed E-state index contributed by atoms with van der Waals surface area (Å²) in [6.07, 6.45) is 3.59. The monoisotopic (exact) mass is 473 g/mol. The summed E-state index contributed by atoms with van der Waals surface area (Å²) in [6, 6.07) is -0.0761. The minimum absolute atomic E-state index is 0.0307. The molecule has 0 aromatic carbocycles. The molecule has 2 unspecified atom stereocenters. The first-order chi connectivity index (χ1) is 15.3. The molecule has 0 saturated carbocycles. The summed E-state index contributed by atoms with van der Waals surface area (Å²) < 4.78 is 15.9. The molecular formula is C23H43N3O5S. The highest BCUT2D eigenvalue weighted by atomic mass is 32.1. The summed E-state index contributed by atoms with van der Waals surface area (Å²) in [5, 5.41) is 2.32. The normalized spacial score (nSPS) is 12.7. The zero-order chi connectivity index (χ0) is 24.5. The highest BCUT2D eigenvalue weighted by Gasteiger charge is 2.30. The van der Waals surface area contributed by atoms with Gasteiger partial charge in [-0.1, -0.05) is 47.5 Å². The van der Waals surface area contributed by atoms with Crippen molar-refractivity contribution >= 4 is 23.2 Å². The van der Waals surface area contributed by atoms with Gasteiger partial charge in [-0.05, 0) is 19.3 Å². The topological polar surface area (TPSA) is 104 Å². The number of nitrogens with two attached hydrogens (primary N) is 1. The lowest BCUT2D eigenvalue weighted by Gasteiger charge is -2.36. The van der Waals surface area contributed by atoms with E-state index in [0.717, 1.165) is 6.42 Å². The molecule has 186 valence electrons. The Hall–Kier alpha value is -1.55. The lowest BCUT2D eigenvalue weighted by molar-refractivity contribution is -0.135. The molecule has 1 aromatic rings. The van der Waals surface area contributed by atoms with E-state index in [1.54, 1.807) is 19.4 Å². The predicted molar refractivity (Wildman–Crippen MR) is 129 cm³/mol. The molecule has 0 radical (unpaired) electrons. The zero-order valence-corrected chi connectivity index (χ0v) is 21.7. The van der Waals surface area contributed by atoms with E-state index < -0.39 is 12.1 Å². The second kappa shape index (κ2) is 17.9. The maximum absolute atomic E-state index is 12.4. The number of hydrogen-bond acceptors (Lipinski definition) is 8. The number of aromatic nitrogens is 1. The van der Waals surface area contributed by atoms with Crippen LogP contribution in [0.4, 0.5) is 0 Å². The second-order valence-corrected chi connectivity index (χ2v) is 8.58. The van der Waals surface area contributed by atoms with E-state index in [9.17, 15) is 9.59 Å². The number of nitrogens with zero attached hydrogens (tertiary/aromatic N) is 2. The fourth-order valence-electron chi connectivity index (χ4n) is 2.94. The number of hydrogen-bond donors (Lipinski definition) is 1. The third kappa shape index (κ3) is 10.8. The molecule has 2 atom stereocenters. The van der Waals surface area contributed by atoms with E-state index in [-0.39, 0.29) is 43.5 Å². The smallest absolute Gasteiger partial charge is 0.357 e. The molecule has 8 nitrogen and oxygen atoms in total. The average Bonchev–Trinajstić information content (AvgIpc) is 3.28. The number of esters is 1. The Kier molecular flexibility index (Phi) is 17.1. The van der Waals surface area contributed by atoms with E-state index in [4.69, 9.17) is 19.9 Å². The van der Waals surface area contributed by atoms with Crippen LogP contribution in [0, 0.1) is 5.92 Å². The van der Waals surface area contributed by atoms with Crippen molar-refractivity contribution in [3.05, 3.63) is 16.1 Å². The van der Waals surface area contributed by atoms with Gasteiger partial charge in [0.2, 0.25) is 5.91 Å². The number of amides is 1. The molecule has 1 heterocycles. The molecule has 0 aliphatic carbocycles. The van der Waals surface area contributed by atoms with Gasteiger partial charge in [0.1, 0.15) is 17.9 Å². The van der Waals surface area contributed by atoms with Gasteiger partial charge in [0.15, 0.2) is 5.69 Å². The molecule has 0 fully saturated rings. The number of unbranched alkanes of at least 4 members (excludes halogenated alkanes) is 1. The van der Waals surface area contributed by atoms with E-state index in [1.807, 2.05) is 11.8 Å². The van der Waals surface area contributed by atoms with Gasteiger partial charge in [-0.3, -0.25) is 4.79 Å². The van der Waals surface area contributed by atoms with E-state index >= 15 is 0 Å². The summed E-state index contributed by atoms with van der Waals surface area (Å²) in [7, 11) is 1.55. The Morgan fingerprint density at radius 1 is 1.16 bits per heavy atom. The number of methoxy groups -OCH3 is 1. The van der Waals surface area contributed by atoms with Gasteiger partial charge in [0.05, 0.1) is 13.2 Å². The van der Waals surface area contributed by atoms with Gasteiger partial charge in [-0.2, -0.15) is 0 Å². The molecular weight excluding hydrogens is 430 g/mol. The average molecular weight is 474 g/mol. The van der Waals surface area contributed by atoms with E-state index in [1.165, 1.54) is 24.2 Å². The number of carbonyl (C=O) groups is 2. The largest absolute Gasteiger partial charge is 0.461 e. The molecule has 9 heteroatoms. The molecule has 0 saturated heterocycles. The molecule has 0 aliphatic heterocycles. The minimum Gasteiger partial charge on any atom is -0.461 e. The number of rotatable bonds is 14. The molecule has 2 N–H and O–H groups in total. The van der Waals surface area contributed by atoms with Gasteiger partial charge in [0, 0.05) is 31.5 Å². The molecule has 0 aliphatic rings. The van der Waals surface area contributed by atoms with Crippen LogP contribution in [0.3, 0.4) is 0 Å². The summed E-state index contributed by atoms with van der Waals surface area (Å²) in [5.74, 6) is -0.348. The lowest BCUT2D eigenvalue weighted by atomic mass is 9.95. The summed E-state index contributed by atoms with van der Waals surface area (Å²) >= 11 is 1.33. The van der Waals surface area contributed by atoms with Crippen LogP contribution >= 0.6 is 11.3 Å². The van der Waals surface area contributed by atoms with E-state index in [2.05, 4.69) is 32.7 Å². The van der Waals surface area contributed by atoms with Crippen LogP contribution < -0.4 is 5.73 Å². The van der Waals surface area contributed by atoms with Gasteiger partial charge in [0.25, 0.3) is 0 Å². The van der Waals surface area contributed by atoms with Crippen LogP contribution in [0.15, 0.2) is 5.38 Å². The van der Waals surface area contributed by atoms with Crippen molar-refractivity contribution in [1.29, 1.82) is 0 Å². The first-order valence-corrected chi connectivity index (χ1v) is 12.4. The van der Waals surface area contributed by atoms with Crippen LogP contribution in [0.25, 0.3) is 0 Å². The molecule has 32 heavy (non-hydrogen) atoms. The van der Waals surface area contributed by atoms with Crippen molar-refractivity contribution < 1.29 is 23.8 Å². The fraction of sp³-hybridized carbons (Fsp3) is 0.783. The van der Waals surface area contributed by atoms with Gasteiger partial charge >= 0.3 is 5.97 Å². The van der Waals surface area contributed by atoms with Gasteiger partial charge in [-0.15, -0.1) is 11.3 Å². The Balaban J connectivity index is 0.00000220. The Morgan fingerprint density at radius 3 is 2.28 bits per heavy atom. The van der Waals surface area contributed by atoms with Crippen molar-refractivity contribution in [3.8, 4) is 0 Å². The Morgan fingerprint density at radius 2 is 1.81 bits per heavy atom. The van der Waals surface area contributed by atoms with Crippen LogP contribution in [-0.4, -0.2) is 61.4 Å². The maximum atomic E-state index is 12.4. The third-order valence-electron chi connectivity index (χ3n) is 4.75. The Labute approximate surface area is 197 Å². The maximum Gasteiger partial charge on any atom is 0.357 e. The van der Waals surface area contributed by atoms with Crippen LogP contribution in [0.2, 0.25) is 0 Å². The van der Waals surface area contributed by atoms with Crippen LogP contribution in [-0.2, 0) is 19.0 Å². The van der Waals surface area contributed by atoms with Gasteiger partial charge < -0.3 is 24.8 Å². The molecule has 0 spiro atoms. The van der Waals surface area contributed by atoms with Crippen molar-refractivity contribution in [1.82, 2.24) is 9.88 Å². The highest BCUT2D eigenvalue weighted by Crippen LogP contribution is 2.30.